The van der Waals surface area contributed by atoms with Crippen molar-refractivity contribution in [1.29, 1.82) is 0 Å². The lowest BCUT2D eigenvalue weighted by molar-refractivity contribution is 0.266. The van der Waals surface area contributed by atoms with Gasteiger partial charge in [0.25, 0.3) is 0 Å². The van der Waals surface area contributed by atoms with Crippen LogP contribution in [0.2, 0.25) is 18.1 Å². The number of benzene rings is 2. The van der Waals surface area contributed by atoms with E-state index in [0.29, 0.717) is 24.9 Å². The fourth-order valence-corrected chi connectivity index (χ4v) is 5.29. The van der Waals surface area contributed by atoms with Crippen LogP contribution in [0.5, 0.6) is 11.5 Å². The molecule has 0 aliphatic rings. The number of hydrogen-bond donors (Lipinski definition) is 1. The minimum atomic E-state index is -1.80. The number of nitrogens with zero attached hydrogens (tertiary/aromatic N) is 5. The predicted molar refractivity (Wildman–Crippen MR) is 183 cm³/mol. The van der Waals surface area contributed by atoms with E-state index in [1.807, 2.05) is 60.4 Å². The average Bonchev–Trinajstić information content (AvgIpc) is 3.43. The molecule has 3 aromatic rings. The molecule has 0 atom stereocenters. The van der Waals surface area contributed by atoms with Crippen molar-refractivity contribution >= 4 is 43.5 Å². The summed E-state index contributed by atoms with van der Waals surface area (Å²) in [6, 6.07) is 12.3. The van der Waals surface area contributed by atoms with Gasteiger partial charge in [0.15, 0.2) is 8.32 Å². The van der Waals surface area contributed by atoms with E-state index in [4.69, 9.17) is 18.9 Å². The molecule has 0 bridgehead atoms. The summed E-state index contributed by atoms with van der Waals surface area (Å²) in [7, 11) is 1.52. The quantitative estimate of drug-likeness (QED) is 0.142. The Morgan fingerprint density at radius 2 is 1.72 bits per heavy atom. The van der Waals surface area contributed by atoms with Crippen LogP contribution in [0, 0.1) is 0 Å². The van der Waals surface area contributed by atoms with Gasteiger partial charge in [0.2, 0.25) is 0 Å². The second kappa shape index (κ2) is 14.8. The molecule has 0 saturated carbocycles. The number of aliphatic imine (C=N–C) groups is 2. The van der Waals surface area contributed by atoms with E-state index >= 15 is 0 Å². The molecule has 0 amide bonds. The van der Waals surface area contributed by atoms with E-state index < -0.39 is 8.32 Å². The van der Waals surface area contributed by atoms with Crippen molar-refractivity contribution in [2.45, 2.75) is 72.3 Å². The van der Waals surface area contributed by atoms with Crippen LogP contribution in [0.25, 0.3) is 0 Å². The van der Waals surface area contributed by atoms with Crippen LogP contribution in [0.4, 0.5) is 22.7 Å². The zero-order valence-electron chi connectivity index (χ0n) is 27.7. The normalized spacial score (nSPS) is 12.5. The molecule has 10 heteroatoms. The number of hydrogen-bond acceptors (Lipinski definition) is 8. The summed E-state index contributed by atoms with van der Waals surface area (Å²) < 4.78 is 19.4. The van der Waals surface area contributed by atoms with Gasteiger partial charge in [0.1, 0.15) is 11.5 Å². The first-order chi connectivity index (χ1) is 20.3. The Balaban J connectivity index is 1.90. The predicted octanol–water partition coefficient (Wildman–Crippen LogP) is 7.53. The van der Waals surface area contributed by atoms with Gasteiger partial charge in [-0.25, -0.2) is 0 Å². The Kier molecular flexibility index (Phi) is 11.7. The van der Waals surface area contributed by atoms with Crippen molar-refractivity contribution in [2.24, 2.45) is 9.98 Å². The van der Waals surface area contributed by atoms with Gasteiger partial charge >= 0.3 is 0 Å². The SMILES string of the molecule is C=Nc1ccc(N(CCNC(C)C)c2cc(OC)cc(OC)c2)cc1/N=C(\C)c1cnn(CCO[Si](C)(C)C(C)(C)C)c1. The molecule has 1 N–H and O–H groups in total. The first kappa shape index (κ1) is 34.0. The van der Waals surface area contributed by atoms with Crippen LogP contribution < -0.4 is 19.7 Å². The molecule has 0 radical (unpaired) electrons. The number of ether oxygens (including phenoxy) is 2. The van der Waals surface area contributed by atoms with Gasteiger partial charge < -0.3 is 24.1 Å². The number of anilines is 2. The van der Waals surface area contributed by atoms with Crippen molar-refractivity contribution < 1.29 is 13.9 Å². The highest BCUT2D eigenvalue weighted by atomic mass is 28.4. The molecule has 0 unspecified atom stereocenters. The maximum absolute atomic E-state index is 6.34. The topological polar surface area (TPSA) is 85.5 Å². The Labute approximate surface area is 259 Å². The highest BCUT2D eigenvalue weighted by Gasteiger charge is 2.36. The summed E-state index contributed by atoms with van der Waals surface area (Å²) in [6.07, 6.45) is 3.87. The number of methoxy groups -OCH3 is 2. The third kappa shape index (κ3) is 9.25. The van der Waals surface area contributed by atoms with Crippen molar-refractivity contribution in [1.82, 2.24) is 15.1 Å². The third-order valence-corrected chi connectivity index (χ3v) is 12.4. The van der Waals surface area contributed by atoms with Crippen molar-refractivity contribution in [3.63, 3.8) is 0 Å². The molecule has 0 fully saturated rings. The molecule has 3 rings (SSSR count). The first-order valence-electron chi connectivity index (χ1n) is 14.8. The molecule has 0 spiro atoms. The summed E-state index contributed by atoms with van der Waals surface area (Å²) in [4.78, 5) is 11.5. The van der Waals surface area contributed by atoms with Crippen molar-refractivity contribution in [3.8, 4) is 11.5 Å². The smallest absolute Gasteiger partial charge is 0.192 e. The minimum Gasteiger partial charge on any atom is -0.497 e. The Morgan fingerprint density at radius 3 is 2.30 bits per heavy atom. The van der Waals surface area contributed by atoms with Gasteiger partial charge in [-0.15, -0.1) is 0 Å². The Hall–Kier alpha value is -3.47. The monoisotopic (exact) mass is 606 g/mol. The summed E-state index contributed by atoms with van der Waals surface area (Å²) in [5.74, 6) is 1.45. The van der Waals surface area contributed by atoms with Gasteiger partial charge in [0.05, 0.1) is 44.9 Å². The highest BCUT2D eigenvalue weighted by molar-refractivity contribution is 6.74. The zero-order chi connectivity index (χ0) is 31.8. The molecule has 9 nitrogen and oxygen atoms in total. The average molecular weight is 607 g/mol. The minimum absolute atomic E-state index is 0.177. The number of aromatic nitrogens is 2. The lowest BCUT2D eigenvalue weighted by atomic mass is 10.1. The standard InChI is InChI=1S/C33H50N6O3Si/c1-24(2)35-14-15-39(28-18-29(40-8)21-30(19-28)41-9)27-12-13-31(34-7)32(20-27)37-25(3)26-22-36-38(23-26)16-17-42-43(10,11)33(4,5)6/h12-13,18-24,35H,7,14-17H2,1-6,8-11H3/b37-25+. The molecule has 2 aromatic carbocycles. The van der Waals surface area contributed by atoms with E-state index in [-0.39, 0.29) is 5.04 Å². The third-order valence-electron chi connectivity index (χ3n) is 7.91. The molecule has 1 heterocycles. The van der Waals surface area contributed by atoms with E-state index in [2.05, 4.69) is 74.7 Å². The summed E-state index contributed by atoms with van der Waals surface area (Å²) in [5, 5.41) is 8.26. The molecule has 43 heavy (non-hydrogen) atoms. The molecular weight excluding hydrogens is 556 g/mol. The number of rotatable bonds is 15. The summed E-state index contributed by atoms with van der Waals surface area (Å²) in [5.41, 5.74) is 5.16. The second-order valence-corrected chi connectivity index (χ2v) is 17.3. The van der Waals surface area contributed by atoms with Gasteiger partial charge in [-0.3, -0.25) is 14.7 Å². The number of nitrogens with one attached hydrogen (secondary N) is 1. The van der Waals surface area contributed by atoms with Gasteiger partial charge in [-0.2, -0.15) is 5.10 Å². The zero-order valence-corrected chi connectivity index (χ0v) is 28.7. The van der Waals surface area contributed by atoms with Crippen LogP contribution in [0.15, 0.2) is 58.8 Å². The molecule has 234 valence electrons. The first-order valence-corrected chi connectivity index (χ1v) is 17.8. The Bertz CT molecular complexity index is 1370. The van der Waals surface area contributed by atoms with Crippen LogP contribution in [0.3, 0.4) is 0 Å². The fraction of sp³-hybridized carbons (Fsp3) is 0.485. The highest BCUT2D eigenvalue weighted by Crippen LogP contribution is 2.38. The van der Waals surface area contributed by atoms with E-state index in [0.717, 1.165) is 52.9 Å². The lowest BCUT2D eigenvalue weighted by Crippen LogP contribution is -2.41. The molecule has 0 saturated heterocycles. The molecule has 1 aromatic heterocycles. The van der Waals surface area contributed by atoms with Gasteiger partial charge in [-0.05, 0) is 50.0 Å². The molecular formula is C33H50N6O3Si. The van der Waals surface area contributed by atoms with Crippen molar-refractivity contribution in [3.05, 3.63) is 54.4 Å². The van der Waals surface area contributed by atoms with Gasteiger partial charge in [0, 0.05) is 66.2 Å². The van der Waals surface area contributed by atoms with E-state index in [1.54, 1.807) is 14.2 Å². The van der Waals surface area contributed by atoms with Crippen LogP contribution in [-0.4, -0.2) is 70.5 Å². The van der Waals surface area contributed by atoms with E-state index in [1.165, 1.54) is 0 Å². The summed E-state index contributed by atoms with van der Waals surface area (Å²) >= 11 is 0. The van der Waals surface area contributed by atoms with Crippen LogP contribution >= 0.6 is 0 Å². The Morgan fingerprint density at radius 1 is 1.05 bits per heavy atom. The van der Waals surface area contributed by atoms with Crippen LogP contribution in [-0.2, 0) is 11.0 Å². The largest absolute Gasteiger partial charge is 0.497 e. The van der Waals surface area contributed by atoms with Crippen LogP contribution in [0.1, 0.15) is 47.1 Å². The maximum Gasteiger partial charge on any atom is 0.192 e. The van der Waals surface area contributed by atoms with Crippen molar-refractivity contribution in [2.75, 3.05) is 38.8 Å². The van der Waals surface area contributed by atoms with Gasteiger partial charge in [-0.1, -0.05) is 34.6 Å². The maximum atomic E-state index is 6.34. The van der Waals surface area contributed by atoms with E-state index in [9.17, 15) is 0 Å². The molecule has 0 aliphatic carbocycles. The summed E-state index contributed by atoms with van der Waals surface area (Å²) in [6.45, 7) is 24.2. The molecule has 0 aliphatic heterocycles. The lowest BCUT2D eigenvalue weighted by Gasteiger charge is -2.36. The fourth-order valence-electron chi connectivity index (χ4n) is 4.25. The second-order valence-electron chi connectivity index (χ2n) is 12.5.